The number of amidine groups is 1. The van der Waals surface area contributed by atoms with Gasteiger partial charge in [0.2, 0.25) is 0 Å². The summed E-state index contributed by atoms with van der Waals surface area (Å²) < 4.78 is 0. The van der Waals surface area contributed by atoms with E-state index in [9.17, 15) is 0 Å². The van der Waals surface area contributed by atoms with Crippen LogP contribution in [0.1, 0.15) is 33.1 Å². The molecule has 3 heteroatoms. The summed E-state index contributed by atoms with van der Waals surface area (Å²) in [5.74, 6) is 0.836. The highest BCUT2D eigenvalue weighted by molar-refractivity contribution is 5.80. The first-order valence-electron chi connectivity index (χ1n) is 5.67. The lowest BCUT2D eigenvalue weighted by atomic mass is 10.2. The zero-order chi connectivity index (χ0) is 10.6. The summed E-state index contributed by atoms with van der Waals surface area (Å²) in [6, 6.07) is 0.659. The molecule has 82 valence electrons. The lowest BCUT2D eigenvalue weighted by molar-refractivity contribution is 0.232. The van der Waals surface area contributed by atoms with Gasteiger partial charge in [-0.25, -0.2) is 0 Å². The molecular formula is C11H23N3. The molecule has 1 heterocycles. The monoisotopic (exact) mass is 197 g/mol. The molecule has 0 aliphatic carbocycles. The van der Waals surface area contributed by atoms with Gasteiger partial charge in [0.05, 0.1) is 5.84 Å². The summed E-state index contributed by atoms with van der Waals surface area (Å²) in [4.78, 5) is 4.59. The van der Waals surface area contributed by atoms with Gasteiger partial charge in [-0.2, -0.15) is 0 Å². The second-order valence-electron chi connectivity index (χ2n) is 4.28. The van der Waals surface area contributed by atoms with E-state index in [-0.39, 0.29) is 0 Å². The van der Waals surface area contributed by atoms with E-state index in [4.69, 9.17) is 5.41 Å². The van der Waals surface area contributed by atoms with Crippen molar-refractivity contribution in [2.24, 2.45) is 0 Å². The molecule has 0 aromatic heterocycles. The number of nitrogens with zero attached hydrogens (tertiary/aromatic N) is 2. The van der Waals surface area contributed by atoms with E-state index < -0.39 is 0 Å². The fraction of sp³-hybridized carbons (Fsp3) is 0.909. The van der Waals surface area contributed by atoms with Gasteiger partial charge < -0.3 is 9.80 Å². The normalized spacial score (nSPS) is 19.4. The van der Waals surface area contributed by atoms with Crippen LogP contribution in [0.25, 0.3) is 0 Å². The molecule has 0 aromatic carbocycles. The zero-order valence-electron chi connectivity index (χ0n) is 9.71. The number of nitrogens with one attached hydrogen (secondary N) is 1. The molecule has 0 spiro atoms. The minimum Gasteiger partial charge on any atom is -0.359 e. The summed E-state index contributed by atoms with van der Waals surface area (Å²) in [5, 5.41) is 7.71. The summed E-state index contributed by atoms with van der Waals surface area (Å²) in [6.07, 6.45) is 3.35. The average molecular weight is 197 g/mol. The Kier molecular flexibility index (Phi) is 4.39. The standard InChI is InChI=1S/C11H23N3/c1-4-10(2)13(3)8-9-14-7-5-6-11(14)12/h10,12H,4-9H2,1-3H3. The van der Waals surface area contributed by atoms with Gasteiger partial charge in [-0.3, -0.25) is 5.41 Å². The minimum atomic E-state index is 0.659. The van der Waals surface area contributed by atoms with Crippen molar-refractivity contribution < 1.29 is 0 Å². The van der Waals surface area contributed by atoms with Crippen LogP contribution >= 0.6 is 0 Å². The molecule has 1 atom stereocenters. The predicted octanol–water partition coefficient (Wildman–Crippen LogP) is 1.79. The molecule has 0 radical (unpaired) electrons. The van der Waals surface area contributed by atoms with Crippen LogP contribution in [0.2, 0.25) is 0 Å². The first-order chi connectivity index (χ1) is 6.65. The van der Waals surface area contributed by atoms with E-state index in [2.05, 4.69) is 30.7 Å². The lowest BCUT2D eigenvalue weighted by Crippen LogP contribution is -2.37. The van der Waals surface area contributed by atoms with Crippen molar-refractivity contribution in [2.45, 2.75) is 39.2 Å². The van der Waals surface area contributed by atoms with Gasteiger partial charge in [0.1, 0.15) is 0 Å². The topological polar surface area (TPSA) is 30.3 Å². The molecule has 1 rings (SSSR count). The fourth-order valence-corrected chi connectivity index (χ4v) is 1.79. The Morgan fingerprint density at radius 3 is 2.79 bits per heavy atom. The molecule has 0 amide bonds. The second-order valence-corrected chi connectivity index (χ2v) is 4.28. The Bertz CT molecular complexity index is 191. The highest BCUT2D eigenvalue weighted by Crippen LogP contribution is 2.10. The van der Waals surface area contributed by atoms with E-state index in [1.54, 1.807) is 0 Å². The number of hydrogen-bond donors (Lipinski definition) is 1. The first-order valence-corrected chi connectivity index (χ1v) is 5.67. The van der Waals surface area contributed by atoms with Gasteiger partial charge in [0, 0.05) is 32.1 Å². The van der Waals surface area contributed by atoms with Crippen LogP contribution in [0.15, 0.2) is 0 Å². The third-order valence-electron chi connectivity index (χ3n) is 3.29. The number of likely N-dealkylation sites (N-methyl/N-ethyl adjacent to an activating group) is 1. The highest BCUT2D eigenvalue weighted by atomic mass is 15.2. The van der Waals surface area contributed by atoms with Crippen molar-refractivity contribution in [3.63, 3.8) is 0 Å². The van der Waals surface area contributed by atoms with Gasteiger partial charge in [-0.15, -0.1) is 0 Å². The van der Waals surface area contributed by atoms with Crippen molar-refractivity contribution in [1.29, 1.82) is 5.41 Å². The largest absolute Gasteiger partial charge is 0.359 e. The highest BCUT2D eigenvalue weighted by Gasteiger charge is 2.17. The van der Waals surface area contributed by atoms with Gasteiger partial charge >= 0.3 is 0 Å². The molecular weight excluding hydrogens is 174 g/mol. The fourth-order valence-electron chi connectivity index (χ4n) is 1.79. The Morgan fingerprint density at radius 1 is 1.57 bits per heavy atom. The van der Waals surface area contributed by atoms with Crippen LogP contribution in [0.3, 0.4) is 0 Å². The van der Waals surface area contributed by atoms with Gasteiger partial charge in [-0.05, 0) is 26.8 Å². The Labute approximate surface area is 87.6 Å². The maximum atomic E-state index is 7.71. The Morgan fingerprint density at radius 2 is 2.29 bits per heavy atom. The average Bonchev–Trinajstić information content (AvgIpc) is 2.59. The number of rotatable bonds is 5. The first kappa shape index (κ1) is 11.5. The van der Waals surface area contributed by atoms with Crippen molar-refractivity contribution in [3.8, 4) is 0 Å². The molecule has 0 bridgehead atoms. The molecule has 1 N–H and O–H groups in total. The Hall–Kier alpha value is -0.570. The van der Waals surface area contributed by atoms with Crippen LogP contribution in [0.5, 0.6) is 0 Å². The molecule has 1 aliphatic rings. The lowest BCUT2D eigenvalue weighted by Gasteiger charge is -2.26. The van der Waals surface area contributed by atoms with Crippen LogP contribution in [-0.4, -0.2) is 48.4 Å². The van der Waals surface area contributed by atoms with Crippen LogP contribution < -0.4 is 0 Å². The predicted molar refractivity (Wildman–Crippen MR) is 60.9 cm³/mol. The molecule has 1 saturated heterocycles. The van der Waals surface area contributed by atoms with E-state index >= 15 is 0 Å². The SMILES string of the molecule is CCC(C)N(C)CCN1CCCC1=N. The van der Waals surface area contributed by atoms with Crippen molar-refractivity contribution in [2.75, 3.05) is 26.7 Å². The minimum absolute atomic E-state index is 0.659. The van der Waals surface area contributed by atoms with Crippen LogP contribution in [0.4, 0.5) is 0 Å². The van der Waals surface area contributed by atoms with Crippen molar-refractivity contribution >= 4 is 5.84 Å². The smallest absolute Gasteiger partial charge is 0.0958 e. The maximum Gasteiger partial charge on any atom is 0.0958 e. The summed E-state index contributed by atoms with van der Waals surface area (Å²) in [7, 11) is 2.17. The van der Waals surface area contributed by atoms with Gasteiger partial charge in [0.15, 0.2) is 0 Å². The van der Waals surface area contributed by atoms with Crippen molar-refractivity contribution in [1.82, 2.24) is 9.80 Å². The van der Waals surface area contributed by atoms with E-state index in [0.717, 1.165) is 31.9 Å². The second kappa shape index (κ2) is 5.35. The van der Waals surface area contributed by atoms with Gasteiger partial charge in [-0.1, -0.05) is 6.92 Å². The molecule has 0 saturated carbocycles. The van der Waals surface area contributed by atoms with E-state index in [1.807, 2.05) is 0 Å². The summed E-state index contributed by atoms with van der Waals surface area (Å²) in [5.41, 5.74) is 0. The number of hydrogen-bond acceptors (Lipinski definition) is 2. The molecule has 1 aliphatic heterocycles. The summed E-state index contributed by atoms with van der Waals surface area (Å²) >= 11 is 0. The third kappa shape index (κ3) is 2.98. The quantitative estimate of drug-likeness (QED) is 0.728. The summed E-state index contributed by atoms with van der Waals surface area (Å²) in [6.45, 7) is 7.68. The van der Waals surface area contributed by atoms with E-state index in [1.165, 1.54) is 12.8 Å². The van der Waals surface area contributed by atoms with Crippen LogP contribution in [0, 0.1) is 5.41 Å². The van der Waals surface area contributed by atoms with Crippen molar-refractivity contribution in [3.05, 3.63) is 0 Å². The number of likely N-dealkylation sites (tertiary alicyclic amines) is 1. The molecule has 3 nitrogen and oxygen atoms in total. The van der Waals surface area contributed by atoms with Crippen LogP contribution in [-0.2, 0) is 0 Å². The van der Waals surface area contributed by atoms with Gasteiger partial charge in [0.25, 0.3) is 0 Å². The maximum absolute atomic E-state index is 7.71. The Balaban J connectivity index is 2.22. The van der Waals surface area contributed by atoms with E-state index in [0.29, 0.717) is 6.04 Å². The zero-order valence-corrected chi connectivity index (χ0v) is 9.71. The molecule has 1 unspecified atom stereocenters. The molecule has 14 heavy (non-hydrogen) atoms. The molecule has 1 fully saturated rings. The molecule has 0 aromatic rings. The third-order valence-corrected chi connectivity index (χ3v) is 3.29.